The second kappa shape index (κ2) is 16.0. The normalized spacial score (nSPS) is 20.2. The molecule has 0 saturated heterocycles. The van der Waals surface area contributed by atoms with Gasteiger partial charge in [0.1, 0.15) is 11.9 Å². The molecule has 0 spiro atoms. The maximum absolute atomic E-state index is 6.73. The molecule has 0 unspecified atom stereocenters. The fourth-order valence-electron chi connectivity index (χ4n) is 5.19. The van der Waals surface area contributed by atoms with Gasteiger partial charge < -0.3 is 23.7 Å². The molecule has 4 aromatic rings. The fraction of sp³-hybridized carbons (Fsp3) is 0.297. The Kier molecular flexibility index (Phi) is 11.4. The zero-order valence-electron chi connectivity index (χ0n) is 24.2. The van der Waals surface area contributed by atoms with Crippen molar-refractivity contribution in [2.45, 2.75) is 51.2 Å². The molecular weight excluding hydrogens is 524 g/mol. The average Bonchev–Trinajstić information content (AvgIpc) is 3.22. The van der Waals surface area contributed by atoms with Crippen LogP contribution >= 0.6 is 0 Å². The molecule has 5 nitrogen and oxygen atoms in total. The van der Waals surface area contributed by atoms with E-state index in [1.807, 2.05) is 78.9 Å². The maximum Gasteiger partial charge on any atom is 0.118 e. The van der Waals surface area contributed by atoms with Crippen LogP contribution in [0.25, 0.3) is 0 Å². The van der Waals surface area contributed by atoms with Crippen LogP contribution in [0.3, 0.4) is 0 Å². The van der Waals surface area contributed by atoms with Crippen LogP contribution in [-0.4, -0.2) is 32.0 Å². The number of methoxy groups -OCH3 is 1. The predicted molar refractivity (Wildman–Crippen MR) is 165 cm³/mol. The molecule has 218 valence electrons. The van der Waals surface area contributed by atoms with Crippen molar-refractivity contribution < 1.29 is 23.7 Å². The van der Waals surface area contributed by atoms with Crippen molar-refractivity contribution in [2.75, 3.05) is 13.7 Å². The number of benzene rings is 4. The Morgan fingerprint density at radius 3 is 1.69 bits per heavy atom. The van der Waals surface area contributed by atoms with Gasteiger partial charge in [-0.15, -0.1) is 0 Å². The highest BCUT2D eigenvalue weighted by Crippen LogP contribution is 2.30. The van der Waals surface area contributed by atoms with Crippen LogP contribution in [0.5, 0.6) is 5.75 Å². The Balaban J connectivity index is 1.36. The summed E-state index contributed by atoms with van der Waals surface area (Å²) in [7, 11) is 1.68. The zero-order chi connectivity index (χ0) is 28.8. The number of rotatable bonds is 14. The van der Waals surface area contributed by atoms with E-state index in [2.05, 4.69) is 48.6 Å². The third kappa shape index (κ3) is 8.88. The van der Waals surface area contributed by atoms with Gasteiger partial charge in [-0.25, -0.2) is 0 Å². The fourth-order valence-corrected chi connectivity index (χ4v) is 5.19. The summed E-state index contributed by atoms with van der Waals surface area (Å²) in [5.74, 6) is 0.766. The summed E-state index contributed by atoms with van der Waals surface area (Å²) in [6.45, 7) is 2.46. The van der Waals surface area contributed by atoms with Crippen molar-refractivity contribution in [3.05, 3.63) is 150 Å². The predicted octanol–water partition coefficient (Wildman–Crippen LogP) is 7.54. The zero-order valence-corrected chi connectivity index (χ0v) is 24.2. The molecule has 4 atom stereocenters. The van der Waals surface area contributed by atoms with Gasteiger partial charge in [0.25, 0.3) is 0 Å². The summed E-state index contributed by atoms with van der Waals surface area (Å²) in [6, 6.07) is 38.8. The Bertz CT molecular complexity index is 1330. The van der Waals surface area contributed by atoms with Crippen molar-refractivity contribution in [3.63, 3.8) is 0 Å². The van der Waals surface area contributed by atoms with E-state index in [0.29, 0.717) is 33.0 Å². The van der Waals surface area contributed by atoms with E-state index in [1.165, 1.54) is 0 Å². The number of hydrogen-bond acceptors (Lipinski definition) is 5. The molecule has 5 heteroatoms. The molecule has 0 bridgehead atoms. The standard InChI is InChI=1S/C37H40O5/c1-38-33-22-20-32(21-23-33)26-40-35-18-11-19-36(41-25-30-14-7-3-8-15-30)37(42-27-31-16-9-4-10-17-31)34(35)28-39-24-29-12-5-2-6-13-29/h2-17,19-23,34-37H,18,24-28H2,1H3/t34-,35+,36+,37+/m0/s1. The van der Waals surface area contributed by atoms with Crippen LogP contribution in [0.2, 0.25) is 0 Å². The lowest BCUT2D eigenvalue weighted by Gasteiger charge is -2.35. The lowest BCUT2D eigenvalue weighted by atomic mass is 9.93. The van der Waals surface area contributed by atoms with E-state index in [9.17, 15) is 0 Å². The molecule has 4 aromatic carbocycles. The highest BCUT2D eigenvalue weighted by atomic mass is 16.5. The van der Waals surface area contributed by atoms with Crippen LogP contribution in [0.4, 0.5) is 0 Å². The topological polar surface area (TPSA) is 46.2 Å². The highest BCUT2D eigenvalue weighted by molar-refractivity contribution is 5.26. The smallest absolute Gasteiger partial charge is 0.118 e. The molecule has 0 heterocycles. The van der Waals surface area contributed by atoms with E-state index in [-0.39, 0.29) is 24.2 Å². The van der Waals surface area contributed by atoms with Crippen LogP contribution in [0.15, 0.2) is 127 Å². The minimum atomic E-state index is -0.274. The Morgan fingerprint density at radius 2 is 1.10 bits per heavy atom. The SMILES string of the molecule is COc1ccc(CO[C@@H]2CC=C[C@@H](OCc3ccccc3)[C@H](OCc3ccccc3)[C@H]2COCc2ccccc2)cc1. The lowest BCUT2D eigenvalue weighted by molar-refractivity contribution is -0.140. The third-order valence-corrected chi connectivity index (χ3v) is 7.53. The monoisotopic (exact) mass is 564 g/mol. The Morgan fingerprint density at radius 1 is 0.571 bits per heavy atom. The third-order valence-electron chi connectivity index (χ3n) is 7.53. The van der Waals surface area contributed by atoms with Crippen LogP contribution in [0.1, 0.15) is 28.7 Å². The van der Waals surface area contributed by atoms with Gasteiger partial charge in [-0.1, -0.05) is 115 Å². The van der Waals surface area contributed by atoms with E-state index in [0.717, 1.165) is 34.4 Å². The molecule has 42 heavy (non-hydrogen) atoms. The van der Waals surface area contributed by atoms with Crippen molar-refractivity contribution in [3.8, 4) is 5.75 Å². The second-order valence-corrected chi connectivity index (χ2v) is 10.5. The van der Waals surface area contributed by atoms with Crippen molar-refractivity contribution in [1.29, 1.82) is 0 Å². The van der Waals surface area contributed by atoms with Gasteiger partial charge in [-0.2, -0.15) is 0 Å². The first kappa shape index (κ1) is 29.7. The summed E-state index contributed by atoms with van der Waals surface area (Å²) in [5.41, 5.74) is 4.47. The summed E-state index contributed by atoms with van der Waals surface area (Å²) in [5, 5.41) is 0. The number of ether oxygens (including phenoxy) is 5. The van der Waals surface area contributed by atoms with E-state index in [4.69, 9.17) is 23.7 Å². The van der Waals surface area contributed by atoms with Crippen LogP contribution < -0.4 is 4.74 Å². The summed E-state index contributed by atoms with van der Waals surface area (Å²) in [4.78, 5) is 0. The lowest BCUT2D eigenvalue weighted by Crippen LogP contribution is -2.44. The summed E-state index contributed by atoms with van der Waals surface area (Å²) in [6.07, 6.45) is 4.40. The Hall–Kier alpha value is -3.74. The van der Waals surface area contributed by atoms with E-state index < -0.39 is 0 Å². The largest absolute Gasteiger partial charge is 0.497 e. The molecule has 5 rings (SSSR count). The minimum Gasteiger partial charge on any atom is -0.497 e. The molecular formula is C37H40O5. The quantitative estimate of drug-likeness (QED) is 0.148. The van der Waals surface area contributed by atoms with Gasteiger partial charge in [0.15, 0.2) is 0 Å². The maximum atomic E-state index is 6.73. The number of hydrogen-bond donors (Lipinski definition) is 0. The van der Waals surface area contributed by atoms with Crippen molar-refractivity contribution in [2.24, 2.45) is 5.92 Å². The van der Waals surface area contributed by atoms with E-state index in [1.54, 1.807) is 7.11 Å². The summed E-state index contributed by atoms with van der Waals surface area (Å²) < 4.78 is 31.6. The van der Waals surface area contributed by atoms with Gasteiger partial charge in [0.05, 0.1) is 52.4 Å². The molecule has 0 aromatic heterocycles. The molecule has 0 amide bonds. The molecule has 0 radical (unpaired) electrons. The van der Waals surface area contributed by atoms with Gasteiger partial charge in [-0.3, -0.25) is 0 Å². The molecule has 1 aliphatic carbocycles. The molecule has 0 N–H and O–H groups in total. The van der Waals surface area contributed by atoms with Crippen LogP contribution in [0, 0.1) is 5.92 Å². The van der Waals surface area contributed by atoms with Crippen LogP contribution in [-0.2, 0) is 45.4 Å². The van der Waals surface area contributed by atoms with Gasteiger partial charge >= 0.3 is 0 Å². The molecule has 0 fully saturated rings. The summed E-state index contributed by atoms with van der Waals surface area (Å²) >= 11 is 0. The molecule has 1 aliphatic rings. The minimum absolute atomic E-state index is 0.0635. The molecule has 0 saturated carbocycles. The van der Waals surface area contributed by atoms with Crippen molar-refractivity contribution >= 4 is 0 Å². The second-order valence-electron chi connectivity index (χ2n) is 10.5. The highest BCUT2D eigenvalue weighted by Gasteiger charge is 2.38. The van der Waals surface area contributed by atoms with Gasteiger partial charge in [0.2, 0.25) is 0 Å². The van der Waals surface area contributed by atoms with E-state index >= 15 is 0 Å². The van der Waals surface area contributed by atoms with Gasteiger partial charge in [0, 0.05) is 5.92 Å². The first-order valence-electron chi connectivity index (χ1n) is 14.6. The molecule has 0 aliphatic heterocycles. The van der Waals surface area contributed by atoms with Gasteiger partial charge in [-0.05, 0) is 40.8 Å². The first-order chi connectivity index (χ1) is 20.8. The average molecular weight is 565 g/mol. The Labute approximate surface area is 249 Å². The first-order valence-corrected chi connectivity index (χ1v) is 14.6. The van der Waals surface area contributed by atoms with Crippen molar-refractivity contribution in [1.82, 2.24) is 0 Å².